The second-order valence-electron chi connectivity index (χ2n) is 6.19. The number of hydrogen-bond acceptors (Lipinski definition) is 4. The Bertz CT molecular complexity index is 946. The van der Waals surface area contributed by atoms with Gasteiger partial charge in [0.15, 0.2) is 0 Å². The number of anilines is 1. The number of cyclic esters (lactones) is 1. The molecule has 1 amide bonds. The van der Waals surface area contributed by atoms with E-state index in [9.17, 15) is 13.2 Å². The number of aryl methyl sites for hydroxylation is 2. The lowest BCUT2D eigenvalue weighted by atomic mass is 10.1. The molecule has 0 spiro atoms. The molecule has 8 heteroatoms. The zero-order chi connectivity index (χ0) is 18.9. The monoisotopic (exact) mass is 394 g/mol. The molecule has 0 aliphatic carbocycles. The van der Waals surface area contributed by atoms with Gasteiger partial charge < -0.3 is 4.74 Å². The molecule has 1 saturated heterocycles. The molecule has 1 aliphatic rings. The maximum Gasteiger partial charge on any atom is 0.414 e. The van der Waals surface area contributed by atoms with Crippen molar-refractivity contribution in [1.82, 2.24) is 4.72 Å². The van der Waals surface area contributed by atoms with Crippen LogP contribution < -0.4 is 9.62 Å². The van der Waals surface area contributed by atoms with Gasteiger partial charge in [-0.05, 0) is 55.3 Å². The van der Waals surface area contributed by atoms with E-state index in [1.54, 1.807) is 12.1 Å². The molecule has 0 saturated carbocycles. The van der Waals surface area contributed by atoms with Crippen molar-refractivity contribution in [3.63, 3.8) is 0 Å². The summed E-state index contributed by atoms with van der Waals surface area (Å²) in [5.74, 6) is 0. The normalized spacial score (nSPS) is 17.4. The minimum atomic E-state index is -3.73. The molecule has 3 rings (SSSR count). The maximum atomic E-state index is 12.3. The summed E-state index contributed by atoms with van der Waals surface area (Å²) in [6.45, 7) is 4.23. The van der Waals surface area contributed by atoms with Crippen LogP contribution >= 0.6 is 11.6 Å². The molecule has 6 nitrogen and oxygen atoms in total. The Balaban J connectivity index is 1.67. The molecule has 2 aromatic rings. The molecule has 1 fully saturated rings. The number of nitrogens with zero attached hydrogens (tertiary/aromatic N) is 1. The highest BCUT2D eigenvalue weighted by Gasteiger charge is 2.33. The molecular weight excluding hydrogens is 376 g/mol. The minimum Gasteiger partial charge on any atom is -0.443 e. The van der Waals surface area contributed by atoms with Crippen molar-refractivity contribution in [3.05, 3.63) is 58.6 Å². The summed E-state index contributed by atoms with van der Waals surface area (Å²) in [5.41, 5.74) is 2.94. The van der Waals surface area contributed by atoms with Crippen LogP contribution in [-0.4, -0.2) is 33.7 Å². The van der Waals surface area contributed by atoms with Crippen molar-refractivity contribution in [3.8, 4) is 0 Å². The first-order chi connectivity index (χ1) is 12.3. The largest absolute Gasteiger partial charge is 0.443 e. The van der Waals surface area contributed by atoms with Crippen molar-refractivity contribution in [2.75, 3.05) is 18.0 Å². The van der Waals surface area contributed by atoms with Gasteiger partial charge in [0.1, 0.15) is 6.10 Å². The SMILES string of the molecule is Cc1ccc(N2CC(CNS(=O)(=O)c3cccc(Cl)c3)OC2=O)cc1C. The van der Waals surface area contributed by atoms with Gasteiger partial charge in [0.2, 0.25) is 10.0 Å². The Labute approximate surface area is 157 Å². The Morgan fingerprint density at radius 3 is 2.65 bits per heavy atom. The molecule has 2 aromatic carbocycles. The fourth-order valence-electron chi connectivity index (χ4n) is 2.65. The number of benzene rings is 2. The van der Waals surface area contributed by atoms with Crippen LogP contribution in [0.1, 0.15) is 11.1 Å². The average molecular weight is 395 g/mol. The molecule has 138 valence electrons. The molecule has 1 aliphatic heterocycles. The zero-order valence-corrected chi connectivity index (χ0v) is 16.0. The quantitative estimate of drug-likeness (QED) is 0.844. The number of carbonyl (C=O) groups excluding carboxylic acids is 1. The van der Waals surface area contributed by atoms with Crippen LogP contribution in [0.25, 0.3) is 0 Å². The number of halogens is 1. The van der Waals surface area contributed by atoms with Gasteiger partial charge in [-0.25, -0.2) is 17.9 Å². The first-order valence-corrected chi connectivity index (χ1v) is 9.93. The molecule has 0 radical (unpaired) electrons. The summed E-state index contributed by atoms with van der Waals surface area (Å²) in [7, 11) is -3.73. The molecule has 0 aromatic heterocycles. The maximum absolute atomic E-state index is 12.3. The van der Waals surface area contributed by atoms with Crippen molar-refractivity contribution < 1.29 is 17.9 Å². The first-order valence-electron chi connectivity index (χ1n) is 8.07. The Morgan fingerprint density at radius 2 is 1.96 bits per heavy atom. The van der Waals surface area contributed by atoms with Gasteiger partial charge in [0.05, 0.1) is 11.4 Å². The smallest absolute Gasteiger partial charge is 0.414 e. The van der Waals surface area contributed by atoms with E-state index < -0.39 is 22.2 Å². The summed E-state index contributed by atoms with van der Waals surface area (Å²) in [6, 6.07) is 11.7. The van der Waals surface area contributed by atoms with Crippen LogP contribution in [-0.2, 0) is 14.8 Å². The molecule has 26 heavy (non-hydrogen) atoms. The first kappa shape index (κ1) is 18.7. The van der Waals surface area contributed by atoms with Crippen LogP contribution in [0.2, 0.25) is 5.02 Å². The molecule has 0 bridgehead atoms. The van der Waals surface area contributed by atoms with Crippen molar-refractivity contribution >= 4 is 33.4 Å². The number of carbonyl (C=O) groups is 1. The van der Waals surface area contributed by atoms with E-state index in [0.29, 0.717) is 5.02 Å². The number of amides is 1. The van der Waals surface area contributed by atoms with E-state index in [0.717, 1.165) is 16.8 Å². The van der Waals surface area contributed by atoms with E-state index in [4.69, 9.17) is 16.3 Å². The summed E-state index contributed by atoms with van der Waals surface area (Å²) >= 11 is 5.84. The molecule has 1 heterocycles. The summed E-state index contributed by atoms with van der Waals surface area (Å²) in [4.78, 5) is 13.7. The van der Waals surface area contributed by atoms with Gasteiger partial charge in [0, 0.05) is 17.3 Å². The fourth-order valence-corrected chi connectivity index (χ4v) is 4.02. The number of rotatable bonds is 5. The van der Waals surface area contributed by atoms with Crippen molar-refractivity contribution in [2.24, 2.45) is 0 Å². The van der Waals surface area contributed by atoms with Crippen LogP contribution in [0.15, 0.2) is 47.4 Å². The highest BCUT2D eigenvalue weighted by molar-refractivity contribution is 7.89. The van der Waals surface area contributed by atoms with Crippen molar-refractivity contribution in [2.45, 2.75) is 24.8 Å². The Kier molecular flexibility index (Phi) is 5.22. The zero-order valence-electron chi connectivity index (χ0n) is 14.4. The lowest BCUT2D eigenvalue weighted by molar-refractivity contribution is 0.143. The van der Waals surface area contributed by atoms with Crippen molar-refractivity contribution in [1.29, 1.82) is 0 Å². The van der Waals surface area contributed by atoms with E-state index in [1.807, 2.05) is 32.0 Å². The predicted octanol–water partition coefficient (Wildman–Crippen LogP) is 3.26. The standard InChI is InChI=1S/C18H19ClN2O4S/c1-12-6-7-15(8-13(12)2)21-11-16(25-18(21)22)10-20-26(23,24)17-5-3-4-14(19)9-17/h3-9,16,20H,10-11H2,1-2H3. The van der Waals surface area contributed by atoms with E-state index in [1.165, 1.54) is 17.0 Å². The summed E-state index contributed by atoms with van der Waals surface area (Å²) in [6.07, 6.45) is -1.06. The summed E-state index contributed by atoms with van der Waals surface area (Å²) in [5, 5.41) is 0.334. The second-order valence-corrected chi connectivity index (χ2v) is 8.40. The third-order valence-electron chi connectivity index (χ3n) is 4.28. The number of ether oxygens (including phenoxy) is 1. The molecule has 1 unspecified atom stereocenters. The van der Waals surface area contributed by atoms with Gasteiger partial charge in [-0.1, -0.05) is 23.7 Å². The van der Waals surface area contributed by atoms with Crippen LogP contribution in [0.4, 0.5) is 10.5 Å². The third-order valence-corrected chi connectivity index (χ3v) is 5.94. The second kappa shape index (κ2) is 7.26. The fraction of sp³-hybridized carbons (Fsp3) is 0.278. The van der Waals surface area contributed by atoms with Crippen LogP contribution in [0.5, 0.6) is 0 Å². The topological polar surface area (TPSA) is 75.7 Å². The van der Waals surface area contributed by atoms with E-state index in [-0.39, 0.29) is 18.0 Å². The average Bonchev–Trinajstić information content (AvgIpc) is 2.97. The van der Waals surface area contributed by atoms with Gasteiger partial charge in [-0.3, -0.25) is 4.90 Å². The Morgan fingerprint density at radius 1 is 1.19 bits per heavy atom. The van der Waals surface area contributed by atoms with Gasteiger partial charge in [-0.2, -0.15) is 0 Å². The number of sulfonamides is 1. The lowest BCUT2D eigenvalue weighted by Gasteiger charge is -2.14. The van der Waals surface area contributed by atoms with Crippen LogP contribution in [0, 0.1) is 13.8 Å². The van der Waals surface area contributed by atoms with E-state index >= 15 is 0 Å². The summed E-state index contributed by atoms with van der Waals surface area (Å²) < 4.78 is 32.4. The highest BCUT2D eigenvalue weighted by atomic mass is 35.5. The van der Waals surface area contributed by atoms with Crippen LogP contribution in [0.3, 0.4) is 0 Å². The molecule has 1 atom stereocenters. The lowest BCUT2D eigenvalue weighted by Crippen LogP contribution is -2.34. The highest BCUT2D eigenvalue weighted by Crippen LogP contribution is 2.24. The minimum absolute atomic E-state index is 0.0120. The van der Waals surface area contributed by atoms with E-state index in [2.05, 4.69) is 4.72 Å². The predicted molar refractivity (Wildman–Crippen MR) is 100 cm³/mol. The Hall–Kier alpha value is -2.09. The number of hydrogen-bond donors (Lipinski definition) is 1. The molecular formula is C18H19ClN2O4S. The van der Waals surface area contributed by atoms with Gasteiger partial charge >= 0.3 is 6.09 Å². The van der Waals surface area contributed by atoms with Gasteiger partial charge in [0.25, 0.3) is 0 Å². The third kappa shape index (κ3) is 4.00. The molecule has 1 N–H and O–H groups in total. The number of nitrogens with one attached hydrogen (secondary N) is 1. The van der Waals surface area contributed by atoms with Gasteiger partial charge in [-0.15, -0.1) is 0 Å².